The van der Waals surface area contributed by atoms with E-state index in [0.717, 1.165) is 0 Å². The Morgan fingerprint density at radius 2 is 2.17 bits per heavy atom. The van der Waals surface area contributed by atoms with E-state index in [1.807, 2.05) is 0 Å². The molecule has 1 heterocycles. The SMILES string of the molecule is Cc1cc(C(=O)N(CCN)CC(F)(F)F)n(C)n1. The minimum absolute atomic E-state index is 0.0291. The average molecular weight is 264 g/mol. The Bertz CT molecular complexity index is 427. The van der Waals surface area contributed by atoms with Crippen molar-refractivity contribution in [3.63, 3.8) is 0 Å². The maximum Gasteiger partial charge on any atom is 0.406 e. The van der Waals surface area contributed by atoms with Gasteiger partial charge in [0.2, 0.25) is 0 Å². The lowest BCUT2D eigenvalue weighted by Gasteiger charge is -2.23. The lowest BCUT2D eigenvalue weighted by molar-refractivity contribution is -0.140. The molecule has 0 saturated heterocycles. The van der Waals surface area contributed by atoms with Gasteiger partial charge in [0.15, 0.2) is 0 Å². The van der Waals surface area contributed by atoms with Crippen LogP contribution < -0.4 is 5.73 Å². The predicted octanol–water partition coefficient (Wildman–Crippen LogP) is 0.692. The number of nitrogens with zero attached hydrogens (tertiary/aromatic N) is 3. The van der Waals surface area contributed by atoms with E-state index in [-0.39, 0.29) is 18.8 Å². The second-order valence-electron chi connectivity index (χ2n) is 3.93. The Morgan fingerprint density at radius 1 is 1.56 bits per heavy atom. The van der Waals surface area contributed by atoms with Gasteiger partial charge in [0.05, 0.1) is 5.69 Å². The molecular weight excluding hydrogens is 249 g/mol. The Balaban J connectivity index is 2.92. The maximum atomic E-state index is 12.4. The second-order valence-corrected chi connectivity index (χ2v) is 3.93. The van der Waals surface area contributed by atoms with Crippen LogP contribution in [0.15, 0.2) is 6.07 Å². The molecule has 0 aliphatic heterocycles. The largest absolute Gasteiger partial charge is 0.406 e. The molecule has 1 rings (SSSR count). The first-order valence-corrected chi connectivity index (χ1v) is 5.31. The predicted molar refractivity (Wildman–Crippen MR) is 59.0 cm³/mol. The lowest BCUT2D eigenvalue weighted by atomic mass is 10.3. The molecule has 0 radical (unpaired) electrons. The maximum absolute atomic E-state index is 12.4. The topological polar surface area (TPSA) is 64.2 Å². The van der Waals surface area contributed by atoms with E-state index >= 15 is 0 Å². The zero-order chi connectivity index (χ0) is 13.9. The van der Waals surface area contributed by atoms with Gasteiger partial charge in [0, 0.05) is 20.1 Å². The van der Waals surface area contributed by atoms with Gasteiger partial charge in [-0.3, -0.25) is 9.48 Å². The Hall–Kier alpha value is -1.57. The van der Waals surface area contributed by atoms with Gasteiger partial charge in [-0.05, 0) is 13.0 Å². The molecule has 0 aliphatic carbocycles. The van der Waals surface area contributed by atoms with Crippen molar-refractivity contribution < 1.29 is 18.0 Å². The number of aryl methyl sites for hydroxylation is 2. The fourth-order valence-corrected chi connectivity index (χ4v) is 1.60. The summed E-state index contributed by atoms with van der Waals surface area (Å²) in [6.07, 6.45) is -4.45. The number of aromatic nitrogens is 2. The van der Waals surface area contributed by atoms with Crippen molar-refractivity contribution in [3.8, 4) is 0 Å². The lowest BCUT2D eigenvalue weighted by Crippen LogP contribution is -2.42. The average Bonchev–Trinajstić information content (AvgIpc) is 2.54. The Morgan fingerprint density at radius 3 is 2.56 bits per heavy atom. The molecule has 0 bridgehead atoms. The van der Waals surface area contributed by atoms with Crippen LogP contribution in [0.4, 0.5) is 13.2 Å². The molecule has 18 heavy (non-hydrogen) atoms. The van der Waals surface area contributed by atoms with Crippen molar-refractivity contribution in [2.24, 2.45) is 12.8 Å². The van der Waals surface area contributed by atoms with Crippen LogP contribution in [0.3, 0.4) is 0 Å². The normalized spacial score (nSPS) is 11.7. The molecular formula is C10H15F3N4O. The summed E-state index contributed by atoms with van der Waals surface area (Å²) in [5.74, 6) is -0.721. The van der Waals surface area contributed by atoms with Gasteiger partial charge < -0.3 is 10.6 Å². The van der Waals surface area contributed by atoms with Crippen LogP contribution in [0.5, 0.6) is 0 Å². The van der Waals surface area contributed by atoms with Crippen LogP contribution in [0.25, 0.3) is 0 Å². The molecule has 0 fully saturated rings. The molecule has 0 aliphatic rings. The van der Waals surface area contributed by atoms with Gasteiger partial charge >= 0.3 is 6.18 Å². The molecule has 0 spiro atoms. The summed E-state index contributed by atoms with van der Waals surface area (Å²) in [4.78, 5) is 12.6. The van der Waals surface area contributed by atoms with Crippen molar-refractivity contribution in [1.82, 2.24) is 14.7 Å². The third kappa shape index (κ3) is 3.73. The molecule has 2 N–H and O–H groups in total. The van der Waals surface area contributed by atoms with Gasteiger partial charge in [0.1, 0.15) is 12.2 Å². The number of halogens is 3. The molecule has 5 nitrogen and oxygen atoms in total. The van der Waals surface area contributed by atoms with Crippen LogP contribution in [0.1, 0.15) is 16.2 Å². The molecule has 0 unspecified atom stereocenters. The summed E-state index contributed by atoms with van der Waals surface area (Å²) in [5.41, 5.74) is 5.91. The van der Waals surface area contributed by atoms with E-state index < -0.39 is 18.6 Å². The number of amides is 1. The van der Waals surface area contributed by atoms with E-state index in [1.54, 1.807) is 6.92 Å². The van der Waals surface area contributed by atoms with Crippen molar-refractivity contribution in [2.75, 3.05) is 19.6 Å². The monoisotopic (exact) mass is 264 g/mol. The second kappa shape index (κ2) is 5.38. The fourth-order valence-electron chi connectivity index (χ4n) is 1.60. The summed E-state index contributed by atoms with van der Waals surface area (Å²) in [5, 5.41) is 3.93. The van der Waals surface area contributed by atoms with Gasteiger partial charge in [0.25, 0.3) is 5.91 Å². The molecule has 0 saturated carbocycles. The summed E-state index contributed by atoms with van der Waals surface area (Å²) in [6, 6.07) is 1.45. The number of rotatable bonds is 4. The zero-order valence-corrected chi connectivity index (χ0v) is 10.2. The molecule has 8 heteroatoms. The molecule has 1 aromatic heterocycles. The highest BCUT2D eigenvalue weighted by molar-refractivity contribution is 5.92. The van der Waals surface area contributed by atoms with E-state index in [4.69, 9.17) is 5.73 Å². The molecule has 1 aromatic rings. The first kappa shape index (κ1) is 14.5. The summed E-state index contributed by atoms with van der Waals surface area (Å²) in [6.45, 7) is 0.169. The molecule has 1 amide bonds. The van der Waals surface area contributed by atoms with Gasteiger partial charge in [-0.1, -0.05) is 0 Å². The smallest absolute Gasteiger partial charge is 0.329 e. The number of hydrogen-bond acceptors (Lipinski definition) is 3. The summed E-state index contributed by atoms with van der Waals surface area (Å²) < 4.78 is 38.3. The number of hydrogen-bond donors (Lipinski definition) is 1. The summed E-state index contributed by atoms with van der Waals surface area (Å²) in [7, 11) is 1.51. The van der Waals surface area contributed by atoms with E-state index in [2.05, 4.69) is 5.10 Å². The Kier molecular flexibility index (Phi) is 4.33. The van der Waals surface area contributed by atoms with Crippen LogP contribution in [-0.2, 0) is 7.05 Å². The van der Waals surface area contributed by atoms with Crippen LogP contribution in [-0.4, -0.2) is 46.4 Å². The molecule has 102 valence electrons. The van der Waals surface area contributed by atoms with Crippen molar-refractivity contribution >= 4 is 5.91 Å². The summed E-state index contributed by atoms with van der Waals surface area (Å²) >= 11 is 0. The fraction of sp³-hybridized carbons (Fsp3) is 0.600. The first-order chi connectivity index (χ1) is 8.24. The van der Waals surface area contributed by atoms with Crippen molar-refractivity contribution in [3.05, 3.63) is 17.5 Å². The van der Waals surface area contributed by atoms with E-state index in [0.29, 0.717) is 10.6 Å². The van der Waals surface area contributed by atoms with E-state index in [9.17, 15) is 18.0 Å². The van der Waals surface area contributed by atoms with Crippen LogP contribution >= 0.6 is 0 Å². The number of alkyl halides is 3. The number of carbonyl (C=O) groups is 1. The molecule has 0 atom stereocenters. The number of carbonyl (C=O) groups excluding carboxylic acids is 1. The minimum atomic E-state index is -4.45. The highest BCUT2D eigenvalue weighted by atomic mass is 19.4. The minimum Gasteiger partial charge on any atom is -0.329 e. The third-order valence-corrected chi connectivity index (χ3v) is 2.28. The zero-order valence-electron chi connectivity index (χ0n) is 10.2. The standard InChI is InChI=1S/C10H15F3N4O/c1-7-5-8(16(2)15-7)9(18)17(4-3-14)6-10(11,12)13/h5H,3-4,6,14H2,1-2H3. The Labute approximate surface area is 102 Å². The quantitative estimate of drug-likeness (QED) is 0.870. The van der Waals surface area contributed by atoms with Crippen LogP contribution in [0.2, 0.25) is 0 Å². The van der Waals surface area contributed by atoms with Gasteiger partial charge in [-0.15, -0.1) is 0 Å². The van der Waals surface area contributed by atoms with Gasteiger partial charge in [-0.25, -0.2) is 0 Å². The van der Waals surface area contributed by atoms with Crippen molar-refractivity contribution in [2.45, 2.75) is 13.1 Å². The number of nitrogens with two attached hydrogens (primary N) is 1. The molecule has 0 aromatic carbocycles. The first-order valence-electron chi connectivity index (χ1n) is 5.31. The van der Waals surface area contributed by atoms with Gasteiger partial charge in [-0.2, -0.15) is 18.3 Å². The van der Waals surface area contributed by atoms with Crippen molar-refractivity contribution in [1.29, 1.82) is 0 Å². The van der Waals surface area contributed by atoms with Crippen LogP contribution in [0, 0.1) is 6.92 Å². The highest BCUT2D eigenvalue weighted by Crippen LogP contribution is 2.18. The third-order valence-electron chi connectivity index (χ3n) is 2.28. The highest BCUT2D eigenvalue weighted by Gasteiger charge is 2.33. The van der Waals surface area contributed by atoms with E-state index in [1.165, 1.54) is 17.8 Å².